The zero-order valence-electron chi connectivity index (χ0n) is 13.8. The summed E-state index contributed by atoms with van der Waals surface area (Å²) in [6, 6.07) is 2.84. The number of nitrogens with one attached hydrogen (secondary N) is 1. The van der Waals surface area contributed by atoms with E-state index in [0.29, 0.717) is 11.5 Å². The van der Waals surface area contributed by atoms with Crippen molar-refractivity contribution < 1.29 is 0 Å². The maximum Gasteiger partial charge on any atom is 0.0627 e. The third kappa shape index (κ3) is 3.85. The number of aryl methyl sites for hydroxylation is 1. The van der Waals surface area contributed by atoms with E-state index in [1.807, 2.05) is 11.7 Å². The first-order chi connectivity index (χ1) is 9.40. The molecular formula is C17H31N3. The Hall–Kier alpha value is -0.830. The van der Waals surface area contributed by atoms with Crippen molar-refractivity contribution in [2.75, 3.05) is 6.54 Å². The van der Waals surface area contributed by atoms with Crippen molar-refractivity contribution in [1.82, 2.24) is 15.1 Å². The molecule has 0 spiro atoms. The van der Waals surface area contributed by atoms with E-state index in [2.05, 4.69) is 50.4 Å². The lowest BCUT2D eigenvalue weighted by atomic mass is 9.66. The van der Waals surface area contributed by atoms with E-state index in [9.17, 15) is 0 Å². The molecule has 3 unspecified atom stereocenters. The van der Waals surface area contributed by atoms with Crippen LogP contribution in [0.4, 0.5) is 0 Å². The van der Waals surface area contributed by atoms with Crippen LogP contribution in [0.2, 0.25) is 0 Å². The van der Waals surface area contributed by atoms with Crippen LogP contribution in [-0.4, -0.2) is 22.4 Å². The van der Waals surface area contributed by atoms with E-state index in [1.54, 1.807) is 0 Å². The minimum Gasteiger partial charge on any atom is -0.314 e. The van der Waals surface area contributed by atoms with Crippen LogP contribution in [0.5, 0.6) is 0 Å². The summed E-state index contributed by atoms with van der Waals surface area (Å²) in [4.78, 5) is 0. The molecule has 1 aliphatic rings. The van der Waals surface area contributed by atoms with Gasteiger partial charge in [0, 0.05) is 19.3 Å². The van der Waals surface area contributed by atoms with Gasteiger partial charge in [-0.15, -0.1) is 0 Å². The molecule has 3 heteroatoms. The lowest BCUT2D eigenvalue weighted by Crippen LogP contribution is -2.43. The van der Waals surface area contributed by atoms with Crippen LogP contribution in [0, 0.1) is 17.3 Å². The highest BCUT2D eigenvalue weighted by Crippen LogP contribution is 2.41. The topological polar surface area (TPSA) is 29.9 Å². The Morgan fingerprint density at radius 2 is 2.10 bits per heavy atom. The SMILES string of the molecule is CCNC1CCC(C(C)(C)C)CC1Cc1ccn(C)n1. The Bertz CT molecular complexity index is 416. The fourth-order valence-corrected chi connectivity index (χ4v) is 3.65. The van der Waals surface area contributed by atoms with Gasteiger partial charge in [-0.1, -0.05) is 27.7 Å². The zero-order chi connectivity index (χ0) is 14.8. The van der Waals surface area contributed by atoms with Gasteiger partial charge in [0.25, 0.3) is 0 Å². The summed E-state index contributed by atoms with van der Waals surface area (Å²) in [5.74, 6) is 1.56. The van der Waals surface area contributed by atoms with E-state index in [4.69, 9.17) is 0 Å². The van der Waals surface area contributed by atoms with E-state index >= 15 is 0 Å². The fraction of sp³-hybridized carbons (Fsp3) is 0.824. The second-order valence-corrected chi connectivity index (χ2v) is 7.49. The molecule has 1 fully saturated rings. The third-order valence-corrected chi connectivity index (χ3v) is 4.91. The fourth-order valence-electron chi connectivity index (χ4n) is 3.65. The van der Waals surface area contributed by atoms with Gasteiger partial charge >= 0.3 is 0 Å². The standard InChI is InChI=1S/C17H31N3/c1-6-18-16-8-7-14(17(2,3)4)11-13(16)12-15-9-10-20(5)19-15/h9-10,13-14,16,18H,6-8,11-12H2,1-5H3. The monoisotopic (exact) mass is 277 g/mol. The molecule has 114 valence electrons. The van der Waals surface area contributed by atoms with Crippen LogP contribution in [0.1, 0.15) is 52.7 Å². The van der Waals surface area contributed by atoms with Crippen molar-refractivity contribution in [3.05, 3.63) is 18.0 Å². The second-order valence-electron chi connectivity index (χ2n) is 7.49. The highest BCUT2D eigenvalue weighted by molar-refractivity contribution is 5.03. The van der Waals surface area contributed by atoms with Gasteiger partial charge in [-0.2, -0.15) is 5.10 Å². The Morgan fingerprint density at radius 1 is 1.35 bits per heavy atom. The Morgan fingerprint density at radius 3 is 2.65 bits per heavy atom. The van der Waals surface area contributed by atoms with Crippen LogP contribution < -0.4 is 5.32 Å². The summed E-state index contributed by atoms with van der Waals surface area (Å²) >= 11 is 0. The first kappa shape index (κ1) is 15.6. The maximum absolute atomic E-state index is 4.58. The largest absolute Gasteiger partial charge is 0.314 e. The molecule has 0 aliphatic heterocycles. The molecular weight excluding hydrogens is 246 g/mol. The van der Waals surface area contributed by atoms with Crippen LogP contribution in [0.3, 0.4) is 0 Å². The Balaban J connectivity index is 2.06. The van der Waals surface area contributed by atoms with Crippen molar-refractivity contribution in [2.24, 2.45) is 24.3 Å². The molecule has 3 atom stereocenters. The number of hydrogen-bond donors (Lipinski definition) is 1. The molecule has 1 aromatic rings. The molecule has 1 aromatic heterocycles. The minimum absolute atomic E-state index is 0.430. The predicted octanol–water partition coefficient (Wildman–Crippen LogP) is 3.40. The van der Waals surface area contributed by atoms with Gasteiger partial charge in [-0.25, -0.2) is 0 Å². The molecule has 0 aromatic carbocycles. The van der Waals surface area contributed by atoms with E-state index in [-0.39, 0.29) is 0 Å². The lowest BCUT2D eigenvalue weighted by molar-refractivity contribution is 0.114. The van der Waals surface area contributed by atoms with Gasteiger partial charge in [0.05, 0.1) is 5.69 Å². The van der Waals surface area contributed by atoms with Gasteiger partial charge in [0.1, 0.15) is 0 Å². The molecule has 0 radical (unpaired) electrons. The molecule has 0 amide bonds. The number of nitrogens with zero attached hydrogens (tertiary/aromatic N) is 2. The van der Waals surface area contributed by atoms with Crippen molar-refractivity contribution in [3.8, 4) is 0 Å². The van der Waals surface area contributed by atoms with E-state index < -0.39 is 0 Å². The highest BCUT2D eigenvalue weighted by Gasteiger charge is 2.35. The molecule has 1 N–H and O–H groups in total. The van der Waals surface area contributed by atoms with Crippen LogP contribution in [-0.2, 0) is 13.5 Å². The molecule has 2 rings (SSSR count). The van der Waals surface area contributed by atoms with Gasteiger partial charge in [0.15, 0.2) is 0 Å². The second kappa shape index (κ2) is 6.30. The third-order valence-electron chi connectivity index (χ3n) is 4.91. The summed E-state index contributed by atoms with van der Waals surface area (Å²) in [5.41, 5.74) is 1.68. The molecule has 1 aliphatic carbocycles. The molecule has 3 nitrogen and oxygen atoms in total. The summed E-state index contributed by atoms with van der Waals surface area (Å²) in [7, 11) is 2.00. The highest BCUT2D eigenvalue weighted by atomic mass is 15.2. The lowest BCUT2D eigenvalue weighted by Gasteiger charge is -2.42. The van der Waals surface area contributed by atoms with Crippen LogP contribution in [0.15, 0.2) is 12.3 Å². The van der Waals surface area contributed by atoms with Crippen molar-refractivity contribution >= 4 is 0 Å². The van der Waals surface area contributed by atoms with Crippen molar-refractivity contribution in [1.29, 1.82) is 0 Å². The summed E-state index contributed by atoms with van der Waals surface area (Å²) in [5, 5.41) is 8.27. The average molecular weight is 277 g/mol. The van der Waals surface area contributed by atoms with E-state index in [1.165, 1.54) is 25.0 Å². The van der Waals surface area contributed by atoms with Crippen LogP contribution in [0.25, 0.3) is 0 Å². The van der Waals surface area contributed by atoms with Gasteiger partial charge in [0.2, 0.25) is 0 Å². The van der Waals surface area contributed by atoms with Crippen molar-refractivity contribution in [3.63, 3.8) is 0 Å². The molecule has 0 bridgehead atoms. The van der Waals surface area contributed by atoms with Gasteiger partial charge in [-0.3, -0.25) is 4.68 Å². The smallest absolute Gasteiger partial charge is 0.0627 e. The summed E-state index contributed by atoms with van der Waals surface area (Å²) in [6.07, 6.45) is 7.18. The average Bonchev–Trinajstić information content (AvgIpc) is 2.76. The molecule has 1 heterocycles. The molecule has 1 saturated carbocycles. The van der Waals surface area contributed by atoms with Crippen LogP contribution >= 0.6 is 0 Å². The summed E-state index contributed by atoms with van der Waals surface area (Å²) < 4.78 is 1.92. The maximum atomic E-state index is 4.58. The number of aromatic nitrogens is 2. The summed E-state index contributed by atoms with van der Waals surface area (Å²) in [6.45, 7) is 10.5. The first-order valence-electron chi connectivity index (χ1n) is 8.12. The molecule has 20 heavy (non-hydrogen) atoms. The number of rotatable bonds is 4. The Kier molecular flexibility index (Phi) is 4.90. The van der Waals surface area contributed by atoms with Gasteiger partial charge in [-0.05, 0) is 55.5 Å². The quantitative estimate of drug-likeness (QED) is 0.914. The Labute approximate surface area is 124 Å². The zero-order valence-corrected chi connectivity index (χ0v) is 13.8. The predicted molar refractivity (Wildman–Crippen MR) is 84.7 cm³/mol. The van der Waals surface area contributed by atoms with Crippen molar-refractivity contribution in [2.45, 2.75) is 59.4 Å². The normalized spacial score (nSPS) is 27.8. The first-order valence-corrected chi connectivity index (χ1v) is 8.12. The minimum atomic E-state index is 0.430. The number of hydrogen-bond acceptors (Lipinski definition) is 2. The van der Waals surface area contributed by atoms with E-state index in [0.717, 1.165) is 24.8 Å². The van der Waals surface area contributed by atoms with Gasteiger partial charge < -0.3 is 5.32 Å². The molecule has 0 saturated heterocycles.